The van der Waals surface area contributed by atoms with Gasteiger partial charge in [0.25, 0.3) is 0 Å². The van der Waals surface area contributed by atoms with Crippen molar-refractivity contribution in [2.75, 3.05) is 17.6 Å². The van der Waals surface area contributed by atoms with E-state index in [1.165, 1.54) is 0 Å². The number of aromatic nitrogens is 2. The van der Waals surface area contributed by atoms with Gasteiger partial charge in [0.1, 0.15) is 0 Å². The number of hydrogen-bond acceptors (Lipinski definition) is 4. The van der Waals surface area contributed by atoms with Gasteiger partial charge in [0.2, 0.25) is 0 Å². The average molecular weight is 200 g/mol. The number of fused-ring (bicyclic) bond motifs is 1. The Hall–Kier alpha value is -2.10. The van der Waals surface area contributed by atoms with Crippen molar-refractivity contribution in [2.45, 2.75) is 0 Å². The van der Waals surface area contributed by atoms with Crippen LogP contribution in [-0.2, 0) is 0 Å². The lowest BCUT2D eigenvalue weighted by atomic mass is 10.3. The summed E-state index contributed by atoms with van der Waals surface area (Å²) in [4.78, 5) is 8.61. The van der Waals surface area contributed by atoms with Crippen LogP contribution in [0.4, 0.5) is 11.6 Å². The summed E-state index contributed by atoms with van der Waals surface area (Å²) in [5.41, 5.74) is 7.39. The van der Waals surface area contributed by atoms with Crippen LogP contribution in [0, 0.1) is 0 Å². The summed E-state index contributed by atoms with van der Waals surface area (Å²) in [6, 6.07) is 7.62. The fraction of sp³-hybridized carbons (Fsp3) is 0.0909. The molecule has 0 spiro atoms. The molecule has 1 aromatic carbocycles. The Bertz CT molecular complexity index is 493. The molecule has 0 saturated carbocycles. The highest BCUT2D eigenvalue weighted by Gasteiger charge is 2.03. The van der Waals surface area contributed by atoms with E-state index in [4.69, 9.17) is 5.73 Å². The summed E-state index contributed by atoms with van der Waals surface area (Å²) in [5.74, 6) is 1.02. The molecular weight excluding hydrogens is 188 g/mol. The first kappa shape index (κ1) is 9.45. The lowest BCUT2D eigenvalue weighted by Crippen LogP contribution is -2.06. The van der Waals surface area contributed by atoms with E-state index in [0.717, 1.165) is 11.0 Å². The molecule has 1 aromatic heterocycles. The highest BCUT2D eigenvalue weighted by molar-refractivity contribution is 5.79. The third-order valence-electron chi connectivity index (χ3n) is 2.01. The van der Waals surface area contributed by atoms with Crippen molar-refractivity contribution in [1.29, 1.82) is 0 Å². The van der Waals surface area contributed by atoms with Crippen LogP contribution >= 0.6 is 0 Å². The van der Waals surface area contributed by atoms with E-state index in [9.17, 15) is 0 Å². The first-order valence-corrected chi connectivity index (χ1v) is 4.68. The second-order valence-corrected chi connectivity index (χ2v) is 3.12. The number of rotatable bonds is 3. The molecule has 1 heterocycles. The lowest BCUT2D eigenvalue weighted by molar-refractivity contribution is 1.22. The first-order valence-electron chi connectivity index (χ1n) is 4.68. The Morgan fingerprint density at radius 1 is 1.27 bits per heavy atom. The van der Waals surface area contributed by atoms with Crippen molar-refractivity contribution in [3.63, 3.8) is 0 Å². The highest BCUT2D eigenvalue weighted by atomic mass is 15.1. The Labute approximate surface area is 87.8 Å². The smallest absolute Gasteiger partial charge is 0.169 e. The van der Waals surface area contributed by atoms with E-state index < -0.39 is 0 Å². The van der Waals surface area contributed by atoms with Crippen LogP contribution in [0.2, 0.25) is 0 Å². The van der Waals surface area contributed by atoms with E-state index in [1.54, 1.807) is 6.08 Å². The first-order chi connectivity index (χ1) is 7.31. The van der Waals surface area contributed by atoms with Crippen LogP contribution < -0.4 is 11.1 Å². The molecule has 2 aromatic rings. The Morgan fingerprint density at radius 2 is 1.93 bits per heavy atom. The van der Waals surface area contributed by atoms with Gasteiger partial charge in [-0.2, -0.15) is 0 Å². The second kappa shape index (κ2) is 3.96. The van der Waals surface area contributed by atoms with Crippen molar-refractivity contribution in [3.8, 4) is 0 Å². The minimum Gasteiger partial charge on any atom is -0.381 e. The number of para-hydroxylation sites is 2. The molecule has 76 valence electrons. The van der Waals surface area contributed by atoms with Gasteiger partial charge in [-0.25, -0.2) is 9.97 Å². The molecule has 3 N–H and O–H groups in total. The van der Waals surface area contributed by atoms with Crippen LogP contribution in [0.5, 0.6) is 0 Å². The van der Waals surface area contributed by atoms with Crippen LogP contribution in [0.15, 0.2) is 36.9 Å². The lowest BCUT2D eigenvalue weighted by Gasteiger charge is -2.06. The maximum atomic E-state index is 5.76. The number of anilines is 2. The van der Waals surface area contributed by atoms with Gasteiger partial charge in [-0.15, -0.1) is 6.58 Å². The van der Waals surface area contributed by atoms with Crippen LogP contribution in [-0.4, -0.2) is 16.5 Å². The Balaban J connectivity index is 2.47. The molecule has 0 aliphatic carbocycles. The van der Waals surface area contributed by atoms with Crippen LogP contribution in [0.1, 0.15) is 0 Å². The van der Waals surface area contributed by atoms with Gasteiger partial charge in [0.05, 0.1) is 11.0 Å². The maximum Gasteiger partial charge on any atom is 0.169 e. The van der Waals surface area contributed by atoms with E-state index in [1.807, 2.05) is 24.3 Å². The molecule has 0 aliphatic rings. The number of benzene rings is 1. The molecule has 0 unspecified atom stereocenters. The molecule has 0 bridgehead atoms. The minimum atomic E-state index is 0.413. The largest absolute Gasteiger partial charge is 0.381 e. The maximum absolute atomic E-state index is 5.76. The van der Waals surface area contributed by atoms with E-state index >= 15 is 0 Å². The van der Waals surface area contributed by atoms with Crippen LogP contribution in [0.3, 0.4) is 0 Å². The minimum absolute atomic E-state index is 0.413. The van der Waals surface area contributed by atoms with Crippen molar-refractivity contribution >= 4 is 22.7 Å². The zero-order valence-electron chi connectivity index (χ0n) is 8.27. The van der Waals surface area contributed by atoms with Crippen LogP contribution in [0.25, 0.3) is 11.0 Å². The standard InChI is InChI=1S/C11H12N4/c1-2-7-13-11-10(12)14-8-5-3-4-6-9(8)15-11/h2-6H,1,7H2,(H2,12,14)(H,13,15). The molecule has 0 amide bonds. The molecule has 0 saturated heterocycles. The summed E-state index contributed by atoms with van der Waals surface area (Å²) in [5, 5.41) is 3.04. The summed E-state index contributed by atoms with van der Waals surface area (Å²) < 4.78 is 0. The summed E-state index contributed by atoms with van der Waals surface area (Å²) in [6.07, 6.45) is 1.75. The number of nitrogens with two attached hydrogens (primary N) is 1. The van der Waals surface area contributed by atoms with Gasteiger partial charge < -0.3 is 11.1 Å². The molecule has 15 heavy (non-hydrogen) atoms. The Morgan fingerprint density at radius 3 is 2.60 bits per heavy atom. The fourth-order valence-electron chi connectivity index (χ4n) is 1.31. The van der Waals surface area contributed by atoms with Crippen molar-refractivity contribution in [1.82, 2.24) is 9.97 Å². The zero-order chi connectivity index (χ0) is 10.7. The third-order valence-corrected chi connectivity index (χ3v) is 2.01. The van der Waals surface area contributed by atoms with E-state index in [0.29, 0.717) is 18.2 Å². The summed E-state index contributed by atoms with van der Waals surface area (Å²) in [6.45, 7) is 4.24. The second-order valence-electron chi connectivity index (χ2n) is 3.12. The summed E-state index contributed by atoms with van der Waals surface area (Å²) >= 11 is 0. The SMILES string of the molecule is C=CCNc1nc2ccccc2nc1N. The number of hydrogen-bond donors (Lipinski definition) is 2. The predicted molar refractivity (Wildman–Crippen MR) is 62.6 cm³/mol. The van der Waals surface area contributed by atoms with E-state index in [2.05, 4.69) is 21.9 Å². The fourth-order valence-corrected chi connectivity index (χ4v) is 1.31. The van der Waals surface area contributed by atoms with Crippen molar-refractivity contribution in [3.05, 3.63) is 36.9 Å². The van der Waals surface area contributed by atoms with Gasteiger partial charge in [-0.3, -0.25) is 0 Å². The highest BCUT2D eigenvalue weighted by Crippen LogP contribution is 2.17. The van der Waals surface area contributed by atoms with Crippen molar-refractivity contribution < 1.29 is 0 Å². The van der Waals surface area contributed by atoms with Gasteiger partial charge in [0, 0.05) is 6.54 Å². The molecule has 4 heteroatoms. The molecular formula is C11H12N4. The normalized spacial score (nSPS) is 10.1. The Kier molecular flexibility index (Phi) is 2.49. The monoisotopic (exact) mass is 200 g/mol. The topological polar surface area (TPSA) is 63.8 Å². The van der Waals surface area contributed by atoms with Gasteiger partial charge in [0.15, 0.2) is 11.6 Å². The third kappa shape index (κ3) is 1.88. The zero-order valence-corrected chi connectivity index (χ0v) is 8.27. The van der Waals surface area contributed by atoms with E-state index in [-0.39, 0.29) is 0 Å². The quantitative estimate of drug-likeness (QED) is 0.742. The number of nitrogens with one attached hydrogen (secondary N) is 1. The number of nitrogen functional groups attached to an aromatic ring is 1. The molecule has 0 atom stereocenters. The predicted octanol–water partition coefficient (Wildman–Crippen LogP) is 1.81. The molecule has 4 nitrogen and oxygen atoms in total. The summed E-state index contributed by atoms with van der Waals surface area (Å²) in [7, 11) is 0. The van der Waals surface area contributed by atoms with Gasteiger partial charge in [-0.05, 0) is 12.1 Å². The van der Waals surface area contributed by atoms with Gasteiger partial charge in [-0.1, -0.05) is 18.2 Å². The van der Waals surface area contributed by atoms with Crippen molar-refractivity contribution in [2.24, 2.45) is 0 Å². The molecule has 2 rings (SSSR count). The molecule has 0 fully saturated rings. The molecule has 0 aliphatic heterocycles. The van der Waals surface area contributed by atoms with Gasteiger partial charge >= 0.3 is 0 Å². The average Bonchev–Trinajstić information content (AvgIpc) is 2.26. The number of nitrogens with zero attached hydrogens (tertiary/aromatic N) is 2. The molecule has 0 radical (unpaired) electrons.